The molecular weight excluding hydrogens is 320 g/mol. The quantitative estimate of drug-likeness (QED) is 0.746. The van der Waals surface area contributed by atoms with Crippen molar-refractivity contribution in [3.63, 3.8) is 0 Å². The summed E-state index contributed by atoms with van der Waals surface area (Å²) in [7, 11) is 0. The molecule has 1 aliphatic rings. The minimum atomic E-state index is -0.520. The monoisotopic (exact) mass is 340 g/mol. The van der Waals surface area contributed by atoms with Gasteiger partial charge in [0.05, 0.1) is 11.9 Å². The fourth-order valence-electron chi connectivity index (χ4n) is 2.71. The van der Waals surface area contributed by atoms with Crippen molar-refractivity contribution in [2.24, 2.45) is 5.73 Å². The highest BCUT2D eigenvalue weighted by Crippen LogP contribution is 2.21. The van der Waals surface area contributed by atoms with Gasteiger partial charge in [0.1, 0.15) is 5.75 Å². The molecule has 7 heteroatoms. The molecule has 1 aliphatic heterocycles. The Bertz CT molecular complexity index is 755. The molecule has 0 bridgehead atoms. The van der Waals surface area contributed by atoms with Crippen LogP contribution in [0.1, 0.15) is 29.6 Å². The lowest BCUT2D eigenvalue weighted by molar-refractivity contribution is -0.116. The molecular formula is C18H20N4O3. The van der Waals surface area contributed by atoms with Crippen LogP contribution in [0.2, 0.25) is 0 Å². The van der Waals surface area contributed by atoms with E-state index in [9.17, 15) is 9.59 Å². The highest BCUT2D eigenvalue weighted by atomic mass is 16.5. The van der Waals surface area contributed by atoms with E-state index in [1.807, 2.05) is 0 Å². The number of anilines is 1. The summed E-state index contributed by atoms with van der Waals surface area (Å²) in [6.45, 7) is 0.975. The second kappa shape index (κ2) is 7.76. The minimum Gasteiger partial charge on any atom is -0.439 e. The molecule has 3 rings (SSSR count). The van der Waals surface area contributed by atoms with E-state index in [2.05, 4.69) is 15.6 Å². The number of benzene rings is 1. The van der Waals surface area contributed by atoms with Crippen molar-refractivity contribution in [3.8, 4) is 11.6 Å². The molecule has 1 aromatic heterocycles. The maximum Gasteiger partial charge on any atom is 0.248 e. The summed E-state index contributed by atoms with van der Waals surface area (Å²) in [4.78, 5) is 27.3. The summed E-state index contributed by atoms with van der Waals surface area (Å²) < 4.78 is 5.60. The summed E-state index contributed by atoms with van der Waals surface area (Å²) in [6, 6.07) is 10.2. The predicted octanol–water partition coefficient (Wildman–Crippen LogP) is 2.05. The van der Waals surface area contributed by atoms with Gasteiger partial charge in [-0.2, -0.15) is 0 Å². The Kier molecular flexibility index (Phi) is 5.25. The van der Waals surface area contributed by atoms with E-state index < -0.39 is 5.91 Å². The second-order valence-corrected chi connectivity index (χ2v) is 5.92. The molecule has 0 saturated carbocycles. The van der Waals surface area contributed by atoms with Gasteiger partial charge in [-0.1, -0.05) is 6.07 Å². The van der Waals surface area contributed by atoms with E-state index in [1.54, 1.807) is 36.4 Å². The second-order valence-electron chi connectivity index (χ2n) is 5.92. The number of nitrogens with two attached hydrogens (primary N) is 1. The topological polar surface area (TPSA) is 106 Å². The molecule has 2 amide bonds. The van der Waals surface area contributed by atoms with Crippen molar-refractivity contribution in [3.05, 3.63) is 48.2 Å². The molecule has 2 aromatic rings. The number of rotatable bonds is 6. The lowest BCUT2D eigenvalue weighted by Gasteiger charge is -2.11. The number of carbonyl (C=O) groups excluding carboxylic acids is 2. The SMILES string of the molecule is NC(=O)c1cccc(Oc2ccc(NC(=O)CC3CCCN3)cn2)c1. The molecule has 1 fully saturated rings. The Balaban J connectivity index is 1.57. The van der Waals surface area contributed by atoms with E-state index in [1.165, 1.54) is 6.20 Å². The number of pyridine rings is 1. The van der Waals surface area contributed by atoms with Crippen molar-refractivity contribution in [2.45, 2.75) is 25.3 Å². The Morgan fingerprint density at radius 1 is 1.32 bits per heavy atom. The van der Waals surface area contributed by atoms with Gasteiger partial charge in [-0.05, 0) is 43.7 Å². The number of nitrogens with zero attached hydrogens (tertiary/aromatic N) is 1. The van der Waals surface area contributed by atoms with Crippen LogP contribution in [0.25, 0.3) is 0 Å². The number of primary amides is 1. The molecule has 1 saturated heterocycles. The van der Waals surface area contributed by atoms with Crippen molar-refractivity contribution >= 4 is 17.5 Å². The number of carbonyl (C=O) groups is 2. The van der Waals surface area contributed by atoms with Crippen molar-refractivity contribution < 1.29 is 14.3 Å². The third kappa shape index (κ3) is 4.77. The number of aromatic nitrogens is 1. The first-order valence-corrected chi connectivity index (χ1v) is 8.17. The molecule has 2 heterocycles. The van der Waals surface area contributed by atoms with Crippen LogP contribution in [0.5, 0.6) is 11.6 Å². The summed E-state index contributed by atoms with van der Waals surface area (Å²) in [5.41, 5.74) is 6.22. The van der Waals surface area contributed by atoms with E-state index in [4.69, 9.17) is 10.5 Å². The molecule has 1 unspecified atom stereocenters. The third-order valence-electron chi connectivity index (χ3n) is 3.96. The largest absolute Gasteiger partial charge is 0.439 e. The highest BCUT2D eigenvalue weighted by Gasteiger charge is 2.17. The number of nitrogens with one attached hydrogen (secondary N) is 2. The normalized spacial score (nSPS) is 16.4. The average molecular weight is 340 g/mol. The van der Waals surface area contributed by atoms with Crippen LogP contribution in [0.3, 0.4) is 0 Å². The van der Waals surface area contributed by atoms with Gasteiger partial charge in [0.15, 0.2) is 0 Å². The van der Waals surface area contributed by atoms with Crippen LogP contribution in [0.15, 0.2) is 42.6 Å². The van der Waals surface area contributed by atoms with Crippen LogP contribution in [-0.4, -0.2) is 29.4 Å². The summed E-state index contributed by atoms with van der Waals surface area (Å²) >= 11 is 0. The van der Waals surface area contributed by atoms with E-state index >= 15 is 0 Å². The van der Waals surface area contributed by atoms with Gasteiger partial charge in [-0.15, -0.1) is 0 Å². The van der Waals surface area contributed by atoms with Crippen LogP contribution in [0.4, 0.5) is 5.69 Å². The van der Waals surface area contributed by atoms with Gasteiger partial charge in [0, 0.05) is 24.1 Å². The molecule has 1 atom stereocenters. The van der Waals surface area contributed by atoms with Crippen LogP contribution >= 0.6 is 0 Å². The van der Waals surface area contributed by atoms with Gasteiger partial charge in [0.2, 0.25) is 17.7 Å². The van der Waals surface area contributed by atoms with Gasteiger partial charge in [-0.3, -0.25) is 9.59 Å². The molecule has 25 heavy (non-hydrogen) atoms. The zero-order valence-electron chi connectivity index (χ0n) is 13.7. The van der Waals surface area contributed by atoms with Crippen LogP contribution < -0.4 is 21.1 Å². The maximum atomic E-state index is 12.0. The van der Waals surface area contributed by atoms with Crippen LogP contribution in [0, 0.1) is 0 Å². The Labute approximate surface area is 145 Å². The fourth-order valence-corrected chi connectivity index (χ4v) is 2.71. The lowest BCUT2D eigenvalue weighted by atomic mass is 10.1. The summed E-state index contributed by atoms with van der Waals surface area (Å²) in [6.07, 6.45) is 4.14. The van der Waals surface area contributed by atoms with Gasteiger partial charge >= 0.3 is 0 Å². The molecule has 0 aliphatic carbocycles. The first-order valence-electron chi connectivity index (χ1n) is 8.17. The Morgan fingerprint density at radius 3 is 2.88 bits per heavy atom. The van der Waals surface area contributed by atoms with Crippen molar-refractivity contribution in [1.29, 1.82) is 0 Å². The zero-order valence-corrected chi connectivity index (χ0v) is 13.7. The van der Waals surface area contributed by atoms with E-state index in [0.29, 0.717) is 29.3 Å². The third-order valence-corrected chi connectivity index (χ3v) is 3.96. The van der Waals surface area contributed by atoms with E-state index in [0.717, 1.165) is 19.4 Å². The van der Waals surface area contributed by atoms with Crippen LogP contribution in [-0.2, 0) is 4.79 Å². The molecule has 7 nitrogen and oxygen atoms in total. The summed E-state index contributed by atoms with van der Waals surface area (Å²) in [5.74, 6) is 0.266. The molecule has 0 spiro atoms. The number of amides is 2. The molecule has 130 valence electrons. The molecule has 4 N–H and O–H groups in total. The standard InChI is InChI=1S/C18H20N4O3/c19-18(24)12-3-1-5-15(9-12)25-17-7-6-14(11-21-17)22-16(23)10-13-4-2-8-20-13/h1,3,5-7,9,11,13,20H,2,4,8,10H2,(H2,19,24)(H,22,23). The van der Waals surface area contributed by atoms with Gasteiger partial charge in [-0.25, -0.2) is 4.98 Å². The van der Waals surface area contributed by atoms with Crippen molar-refractivity contribution in [1.82, 2.24) is 10.3 Å². The highest BCUT2D eigenvalue weighted by molar-refractivity contribution is 5.93. The molecule has 0 radical (unpaired) electrons. The fraction of sp³-hybridized carbons (Fsp3) is 0.278. The van der Waals surface area contributed by atoms with E-state index in [-0.39, 0.29) is 11.9 Å². The Hall–Kier alpha value is -2.93. The van der Waals surface area contributed by atoms with Gasteiger partial charge < -0.3 is 21.1 Å². The summed E-state index contributed by atoms with van der Waals surface area (Å²) in [5, 5.41) is 6.12. The Morgan fingerprint density at radius 2 is 2.20 bits per heavy atom. The average Bonchev–Trinajstić information content (AvgIpc) is 3.10. The minimum absolute atomic E-state index is 0.0379. The number of hydrogen-bond acceptors (Lipinski definition) is 5. The van der Waals surface area contributed by atoms with Gasteiger partial charge in [0.25, 0.3) is 0 Å². The first kappa shape index (κ1) is 16.9. The number of hydrogen-bond donors (Lipinski definition) is 3. The van der Waals surface area contributed by atoms with Crippen molar-refractivity contribution in [2.75, 3.05) is 11.9 Å². The maximum absolute atomic E-state index is 12.0. The molecule has 1 aromatic carbocycles. The smallest absolute Gasteiger partial charge is 0.248 e. The number of ether oxygens (including phenoxy) is 1. The zero-order chi connectivity index (χ0) is 17.6. The lowest BCUT2D eigenvalue weighted by Crippen LogP contribution is -2.27. The first-order chi connectivity index (χ1) is 12.1. The predicted molar refractivity (Wildman–Crippen MR) is 93.5 cm³/mol.